The molecule has 2 heterocycles. The van der Waals surface area contributed by atoms with Gasteiger partial charge in [-0.15, -0.1) is 11.3 Å². The van der Waals surface area contributed by atoms with Gasteiger partial charge in [-0.05, 0) is 49.1 Å². The second kappa shape index (κ2) is 6.18. The second-order valence-corrected chi connectivity index (χ2v) is 6.89. The molecule has 0 radical (unpaired) electrons. The molecule has 1 amide bonds. The van der Waals surface area contributed by atoms with Crippen LogP contribution in [0.25, 0.3) is 0 Å². The lowest BCUT2D eigenvalue weighted by atomic mass is 9.86. The first-order valence-electron chi connectivity index (χ1n) is 7.63. The number of fused-ring (bicyclic) bond motifs is 1. The van der Waals surface area contributed by atoms with E-state index in [1.165, 1.54) is 17.6 Å². The van der Waals surface area contributed by atoms with Crippen molar-refractivity contribution in [2.45, 2.75) is 38.0 Å². The Morgan fingerprint density at radius 3 is 3.00 bits per heavy atom. The summed E-state index contributed by atoms with van der Waals surface area (Å²) in [7, 11) is 1.42. The Labute approximate surface area is 129 Å². The first-order chi connectivity index (χ1) is 10.2. The molecule has 114 valence electrons. The van der Waals surface area contributed by atoms with E-state index >= 15 is 0 Å². The number of piperidine rings is 1. The van der Waals surface area contributed by atoms with Gasteiger partial charge in [0.15, 0.2) is 0 Å². The summed E-state index contributed by atoms with van der Waals surface area (Å²) in [5.74, 6) is -0.148. The molecule has 2 aliphatic rings. The molecule has 1 aliphatic heterocycles. The largest absolute Gasteiger partial charge is 0.469 e. The Kier molecular flexibility index (Phi) is 4.29. The number of esters is 1. The van der Waals surface area contributed by atoms with Gasteiger partial charge in [-0.3, -0.25) is 9.59 Å². The first-order valence-corrected chi connectivity index (χ1v) is 8.51. The van der Waals surface area contributed by atoms with Gasteiger partial charge < -0.3 is 9.64 Å². The number of methoxy groups -OCH3 is 1. The molecule has 21 heavy (non-hydrogen) atoms. The highest BCUT2D eigenvalue weighted by atomic mass is 32.1. The van der Waals surface area contributed by atoms with Gasteiger partial charge >= 0.3 is 5.97 Å². The Morgan fingerprint density at radius 1 is 1.33 bits per heavy atom. The van der Waals surface area contributed by atoms with Gasteiger partial charge in [-0.25, -0.2) is 0 Å². The third-order valence-electron chi connectivity index (χ3n) is 4.62. The zero-order chi connectivity index (χ0) is 14.8. The number of hydrogen-bond acceptors (Lipinski definition) is 4. The van der Waals surface area contributed by atoms with Gasteiger partial charge in [0.2, 0.25) is 5.91 Å². The van der Waals surface area contributed by atoms with Gasteiger partial charge in [-0.1, -0.05) is 0 Å². The summed E-state index contributed by atoms with van der Waals surface area (Å²) in [6.45, 7) is 1.28. The normalized spacial score (nSPS) is 25.3. The predicted molar refractivity (Wildman–Crippen MR) is 81.3 cm³/mol. The molecule has 1 aromatic rings. The van der Waals surface area contributed by atoms with Crippen LogP contribution in [0.1, 0.15) is 42.0 Å². The second-order valence-electron chi connectivity index (χ2n) is 5.89. The van der Waals surface area contributed by atoms with Crippen molar-refractivity contribution in [3.8, 4) is 0 Å². The average molecular weight is 307 g/mol. The Balaban J connectivity index is 1.73. The van der Waals surface area contributed by atoms with Crippen LogP contribution in [0.15, 0.2) is 11.4 Å². The molecule has 2 unspecified atom stereocenters. The maximum absolute atomic E-state index is 12.8. The topological polar surface area (TPSA) is 46.6 Å². The molecule has 5 heteroatoms. The molecular weight excluding hydrogens is 286 g/mol. The van der Waals surface area contributed by atoms with E-state index in [-0.39, 0.29) is 23.7 Å². The molecule has 4 nitrogen and oxygen atoms in total. The van der Waals surface area contributed by atoms with Crippen LogP contribution in [0.4, 0.5) is 0 Å². The fraction of sp³-hybridized carbons (Fsp3) is 0.625. The fourth-order valence-electron chi connectivity index (χ4n) is 3.50. The Bertz CT molecular complexity index is 539. The molecule has 0 saturated carbocycles. The SMILES string of the molecule is COC(=O)C1CCCN(C(=O)C2CCCc3sccc32)C1. The number of hydrogen-bond donors (Lipinski definition) is 0. The van der Waals surface area contributed by atoms with Crippen LogP contribution in [0.5, 0.6) is 0 Å². The van der Waals surface area contributed by atoms with E-state index in [0.717, 1.165) is 38.6 Å². The maximum atomic E-state index is 12.8. The summed E-state index contributed by atoms with van der Waals surface area (Å²) < 4.78 is 4.83. The number of aryl methyl sites for hydroxylation is 1. The predicted octanol–water partition coefficient (Wildman–Crippen LogP) is 2.58. The van der Waals surface area contributed by atoms with Gasteiger partial charge in [0.1, 0.15) is 0 Å². The van der Waals surface area contributed by atoms with Gasteiger partial charge in [0.25, 0.3) is 0 Å². The van der Waals surface area contributed by atoms with Crippen LogP contribution in [0.3, 0.4) is 0 Å². The Morgan fingerprint density at radius 2 is 2.19 bits per heavy atom. The van der Waals surface area contributed by atoms with Crippen molar-refractivity contribution in [1.29, 1.82) is 0 Å². The monoisotopic (exact) mass is 307 g/mol. The van der Waals surface area contributed by atoms with E-state index in [9.17, 15) is 9.59 Å². The van der Waals surface area contributed by atoms with Gasteiger partial charge in [-0.2, -0.15) is 0 Å². The number of ether oxygens (including phenoxy) is 1. The summed E-state index contributed by atoms with van der Waals surface area (Å²) in [5.41, 5.74) is 1.22. The minimum absolute atomic E-state index is 0.00334. The number of amides is 1. The fourth-order valence-corrected chi connectivity index (χ4v) is 4.49. The highest BCUT2D eigenvalue weighted by Crippen LogP contribution is 2.36. The summed E-state index contributed by atoms with van der Waals surface area (Å²) >= 11 is 1.76. The standard InChI is InChI=1S/C16H21NO3S/c1-20-16(19)11-4-3-8-17(10-11)15(18)13-5-2-6-14-12(13)7-9-21-14/h7,9,11,13H,2-6,8,10H2,1H3. The lowest BCUT2D eigenvalue weighted by molar-refractivity contribution is -0.149. The van der Waals surface area contributed by atoms with Crippen LogP contribution in [-0.2, 0) is 20.7 Å². The molecular formula is C16H21NO3S. The van der Waals surface area contributed by atoms with E-state index in [1.54, 1.807) is 11.3 Å². The zero-order valence-corrected chi connectivity index (χ0v) is 13.2. The first kappa shape index (κ1) is 14.6. The summed E-state index contributed by atoms with van der Waals surface area (Å²) in [6.07, 6.45) is 4.82. The van der Waals surface area contributed by atoms with Crippen molar-refractivity contribution in [3.63, 3.8) is 0 Å². The number of nitrogens with zero attached hydrogens (tertiary/aromatic N) is 1. The van der Waals surface area contributed by atoms with E-state index < -0.39 is 0 Å². The molecule has 1 saturated heterocycles. The summed E-state index contributed by atoms with van der Waals surface area (Å²) in [5, 5.41) is 2.09. The van der Waals surface area contributed by atoms with Crippen LogP contribution in [0, 0.1) is 5.92 Å². The Hall–Kier alpha value is -1.36. The van der Waals surface area contributed by atoms with Gasteiger partial charge in [0, 0.05) is 18.0 Å². The minimum atomic E-state index is -0.188. The molecule has 1 aliphatic carbocycles. The van der Waals surface area contributed by atoms with Crippen LogP contribution in [-0.4, -0.2) is 37.0 Å². The van der Waals surface area contributed by atoms with Crippen molar-refractivity contribution in [1.82, 2.24) is 4.90 Å². The van der Waals surface area contributed by atoms with E-state index in [1.807, 2.05) is 4.90 Å². The molecule has 1 aromatic heterocycles. The third-order valence-corrected chi connectivity index (χ3v) is 5.61. The summed E-state index contributed by atoms with van der Waals surface area (Å²) in [6, 6.07) is 2.10. The molecule has 0 spiro atoms. The van der Waals surface area contributed by atoms with Crippen molar-refractivity contribution < 1.29 is 14.3 Å². The molecule has 0 bridgehead atoms. The van der Waals surface area contributed by atoms with Crippen molar-refractivity contribution in [2.75, 3.05) is 20.2 Å². The lowest BCUT2D eigenvalue weighted by Crippen LogP contribution is -2.45. The zero-order valence-electron chi connectivity index (χ0n) is 12.3. The third kappa shape index (κ3) is 2.84. The number of carbonyl (C=O) groups excluding carboxylic acids is 2. The molecule has 1 fully saturated rings. The average Bonchev–Trinajstić information content (AvgIpc) is 3.02. The number of likely N-dealkylation sites (tertiary alicyclic amines) is 1. The van der Waals surface area contributed by atoms with Crippen molar-refractivity contribution in [2.24, 2.45) is 5.92 Å². The van der Waals surface area contributed by atoms with E-state index in [0.29, 0.717) is 6.54 Å². The van der Waals surface area contributed by atoms with Crippen molar-refractivity contribution in [3.05, 3.63) is 21.9 Å². The molecule has 0 N–H and O–H groups in total. The quantitative estimate of drug-likeness (QED) is 0.789. The number of thiophene rings is 1. The molecule has 2 atom stereocenters. The maximum Gasteiger partial charge on any atom is 0.310 e. The van der Waals surface area contributed by atoms with Crippen LogP contribution < -0.4 is 0 Å². The van der Waals surface area contributed by atoms with Crippen molar-refractivity contribution >= 4 is 23.2 Å². The highest BCUT2D eigenvalue weighted by molar-refractivity contribution is 7.10. The van der Waals surface area contributed by atoms with E-state index in [4.69, 9.17) is 4.74 Å². The number of carbonyl (C=O) groups is 2. The smallest absolute Gasteiger partial charge is 0.310 e. The highest BCUT2D eigenvalue weighted by Gasteiger charge is 2.34. The van der Waals surface area contributed by atoms with Crippen LogP contribution >= 0.6 is 11.3 Å². The molecule has 0 aromatic carbocycles. The van der Waals surface area contributed by atoms with Crippen LogP contribution in [0.2, 0.25) is 0 Å². The molecule has 3 rings (SSSR count). The lowest BCUT2D eigenvalue weighted by Gasteiger charge is -2.35. The number of rotatable bonds is 2. The minimum Gasteiger partial charge on any atom is -0.469 e. The van der Waals surface area contributed by atoms with Gasteiger partial charge in [0.05, 0.1) is 18.9 Å². The van der Waals surface area contributed by atoms with E-state index in [2.05, 4.69) is 11.4 Å². The summed E-state index contributed by atoms with van der Waals surface area (Å²) in [4.78, 5) is 27.8.